The van der Waals surface area contributed by atoms with Gasteiger partial charge in [0.15, 0.2) is 5.96 Å². The molecule has 26 heavy (non-hydrogen) atoms. The van der Waals surface area contributed by atoms with E-state index in [1.54, 1.807) is 0 Å². The predicted molar refractivity (Wildman–Crippen MR) is 122 cm³/mol. The van der Waals surface area contributed by atoms with Gasteiger partial charge in [-0.2, -0.15) is 0 Å². The van der Waals surface area contributed by atoms with Crippen molar-refractivity contribution in [1.29, 1.82) is 0 Å². The summed E-state index contributed by atoms with van der Waals surface area (Å²) in [6.07, 6.45) is 14.9. The van der Waals surface area contributed by atoms with Crippen molar-refractivity contribution in [2.24, 2.45) is 4.99 Å². The Morgan fingerprint density at radius 3 is 2.35 bits per heavy atom. The summed E-state index contributed by atoms with van der Waals surface area (Å²) in [5.74, 6) is 0.940. The van der Waals surface area contributed by atoms with E-state index in [1.807, 2.05) is 7.05 Å². The number of unbranched alkanes of at least 4 members (excludes halogenated alkanes) is 2. The minimum absolute atomic E-state index is 0. The monoisotopic (exact) mass is 480 g/mol. The Balaban J connectivity index is 0.00000338. The van der Waals surface area contributed by atoms with Crippen LogP contribution in [-0.2, 0) is 4.74 Å². The molecule has 0 unspecified atom stereocenters. The first-order chi connectivity index (χ1) is 12.4. The highest BCUT2D eigenvalue weighted by Crippen LogP contribution is 2.20. The number of nitrogens with zero attached hydrogens (tertiary/aromatic N) is 2. The lowest BCUT2D eigenvalue weighted by atomic mass is 9.98. The van der Waals surface area contributed by atoms with Crippen molar-refractivity contribution in [3.05, 3.63) is 0 Å². The van der Waals surface area contributed by atoms with E-state index in [0.717, 1.165) is 32.2 Å². The summed E-state index contributed by atoms with van der Waals surface area (Å²) < 4.78 is 5.98. The standard InChI is InChI=1S/C20H40N4O.HI/c1-21-20(23-14-17-24-15-8-4-9-16-24)22-13-7-3-10-18-25-19-11-5-2-6-12-19;/h19H,2-18H2,1H3,(H2,21,22,23);1H. The molecule has 1 aliphatic heterocycles. The molecule has 1 saturated heterocycles. The smallest absolute Gasteiger partial charge is 0.191 e. The van der Waals surface area contributed by atoms with Crippen LogP contribution in [0.4, 0.5) is 0 Å². The zero-order chi connectivity index (χ0) is 17.6. The predicted octanol–water partition coefficient (Wildman–Crippen LogP) is 3.77. The van der Waals surface area contributed by atoms with E-state index in [-0.39, 0.29) is 24.0 Å². The maximum Gasteiger partial charge on any atom is 0.191 e. The van der Waals surface area contributed by atoms with Crippen LogP contribution in [0, 0.1) is 0 Å². The second-order valence-corrected chi connectivity index (χ2v) is 7.52. The first-order valence-electron chi connectivity index (χ1n) is 10.7. The second kappa shape index (κ2) is 15.9. The average molecular weight is 480 g/mol. The third-order valence-corrected chi connectivity index (χ3v) is 5.41. The topological polar surface area (TPSA) is 48.9 Å². The second-order valence-electron chi connectivity index (χ2n) is 7.52. The highest BCUT2D eigenvalue weighted by molar-refractivity contribution is 14.0. The zero-order valence-electron chi connectivity index (χ0n) is 16.8. The SMILES string of the molecule is CN=C(NCCCCCOC1CCCCC1)NCCN1CCCCC1.I. The summed E-state index contributed by atoms with van der Waals surface area (Å²) >= 11 is 0. The van der Waals surface area contributed by atoms with E-state index in [1.165, 1.54) is 83.7 Å². The number of likely N-dealkylation sites (tertiary alicyclic amines) is 1. The van der Waals surface area contributed by atoms with Crippen LogP contribution in [0.2, 0.25) is 0 Å². The molecule has 2 rings (SSSR count). The molecule has 1 heterocycles. The number of guanidine groups is 1. The highest BCUT2D eigenvalue weighted by Gasteiger charge is 2.13. The molecule has 0 radical (unpaired) electrons. The van der Waals surface area contributed by atoms with Crippen LogP contribution >= 0.6 is 24.0 Å². The van der Waals surface area contributed by atoms with E-state index in [0.29, 0.717) is 6.10 Å². The molecule has 0 aromatic rings. The van der Waals surface area contributed by atoms with Crippen molar-refractivity contribution < 1.29 is 4.74 Å². The molecule has 0 amide bonds. The van der Waals surface area contributed by atoms with Gasteiger partial charge in [0.2, 0.25) is 0 Å². The summed E-state index contributed by atoms with van der Waals surface area (Å²) in [6.45, 7) is 6.56. The maximum absolute atomic E-state index is 5.98. The van der Waals surface area contributed by atoms with Crippen molar-refractivity contribution in [3.63, 3.8) is 0 Å². The van der Waals surface area contributed by atoms with Gasteiger partial charge in [0.1, 0.15) is 0 Å². The van der Waals surface area contributed by atoms with E-state index in [9.17, 15) is 0 Å². The Bertz CT molecular complexity index is 356. The van der Waals surface area contributed by atoms with Crippen molar-refractivity contribution in [2.45, 2.75) is 76.7 Å². The molecule has 1 aliphatic carbocycles. The summed E-state index contributed by atoms with van der Waals surface area (Å²) in [7, 11) is 1.86. The largest absolute Gasteiger partial charge is 0.378 e. The van der Waals surface area contributed by atoms with E-state index in [2.05, 4.69) is 20.5 Å². The molecule has 5 nitrogen and oxygen atoms in total. The third-order valence-electron chi connectivity index (χ3n) is 5.41. The molecule has 1 saturated carbocycles. The first kappa shape index (κ1) is 24.0. The Morgan fingerprint density at radius 1 is 0.923 bits per heavy atom. The molecular weight excluding hydrogens is 439 g/mol. The van der Waals surface area contributed by atoms with Crippen LogP contribution in [0.15, 0.2) is 4.99 Å². The number of aliphatic imine (C=N–C) groups is 1. The summed E-state index contributed by atoms with van der Waals surface area (Å²) in [4.78, 5) is 6.87. The first-order valence-corrected chi connectivity index (χ1v) is 10.7. The number of rotatable bonds is 10. The third kappa shape index (κ3) is 10.9. The van der Waals surface area contributed by atoms with Crippen LogP contribution in [0.1, 0.15) is 70.6 Å². The van der Waals surface area contributed by atoms with E-state index >= 15 is 0 Å². The molecule has 2 aliphatic rings. The van der Waals surface area contributed by atoms with Crippen LogP contribution in [0.25, 0.3) is 0 Å². The lowest BCUT2D eigenvalue weighted by molar-refractivity contribution is 0.0264. The van der Waals surface area contributed by atoms with Gasteiger partial charge < -0.3 is 20.3 Å². The van der Waals surface area contributed by atoms with Crippen LogP contribution in [-0.4, -0.2) is 63.3 Å². The highest BCUT2D eigenvalue weighted by atomic mass is 127. The summed E-state index contributed by atoms with van der Waals surface area (Å²) in [5, 5.41) is 6.86. The zero-order valence-corrected chi connectivity index (χ0v) is 19.1. The molecule has 2 N–H and O–H groups in total. The Hall–Kier alpha value is -0.0800. The summed E-state index contributed by atoms with van der Waals surface area (Å²) in [5.41, 5.74) is 0. The van der Waals surface area contributed by atoms with Gasteiger partial charge in [0.25, 0.3) is 0 Å². The number of halogens is 1. The molecule has 0 bridgehead atoms. The Kier molecular flexibility index (Phi) is 14.7. The van der Waals surface area contributed by atoms with Gasteiger partial charge in [-0.05, 0) is 58.0 Å². The van der Waals surface area contributed by atoms with Crippen molar-refractivity contribution in [1.82, 2.24) is 15.5 Å². The Morgan fingerprint density at radius 2 is 1.62 bits per heavy atom. The molecule has 0 atom stereocenters. The molecule has 0 aromatic carbocycles. The number of hydrogen-bond acceptors (Lipinski definition) is 3. The molecule has 154 valence electrons. The van der Waals surface area contributed by atoms with Gasteiger partial charge in [-0.25, -0.2) is 0 Å². The van der Waals surface area contributed by atoms with Gasteiger partial charge in [-0.1, -0.05) is 25.7 Å². The number of ether oxygens (including phenoxy) is 1. The van der Waals surface area contributed by atoms with Crippen molar-refractivity contribution in [3.8, 4) is 0 Å². The van der Waals surface area contributed by atoms with Gasteiger partial charge in [0.05, 0.1) is 6.10 Å². The minimum Gasteiger partial charge on any atom is -0.378 e. The van der Waals surface area contributed by atoms with Crippen molar-refractivity contribution in [2.75, 3.05) is 46.4 Å². The number of nitrogens with one attached hydrogen (secondary N) is 2. The van der Waals surface area contributed by atoms with E-state index < -0.39 is 0 Å². The molecule has 0 spiro atoms. The minimum atomic E-state index is 0. The maximum atomic E-state index is 5.98. The Labute approximate surface area is 178 Å². The fraction of sp³-hybridized carbons (Fsp3) is 0.950. The average Bonchev–Trinajstić information content (AvgIpc) is 2.67. The lowest BCUT2D eigenvalue weighted by Crippen LogP contribution is -2.42. The van der Waals surface area contributed by atoms with E-state index in [4.69, 9.17) is 4.74 Å². The van der Waals surface area contributed by atoms with Crippen LogP contribution < -0.4 is 10.6 Å². The normalized spacial score (nSPS) is 19.8. The van der Waals surface area contributed by atoms with Gasteiger partial charge in [-0.3, -0.25) is 4.99 Å². The number of hydrogen-bond donors (Lipinski definition) is 2. The molecule has 0 aromatic heterocycles. The fourth-order valence-corrected chi connectivity index (χ4v) is 3.83. The molecule has 2 fully saturated rings. The van der Waals surface area contributed by atoms with Gasteiger partial charge in [0, 0.05) is 33.3 Å². The van der Waals surface area contributed by atoms with Gasteiger partial charge in [-0.15, -0.1) is 24.0 Å². The lowest BCUT2D eigenvalue weighted by Gasteiger charge is -2.26. The molecular formula is C20H41IN4O. The van der Waals surface area contributed by atoms with Crippen molar-refractivity contribution >= 4 is 29.9 Å². The van der Waals surface area contributed by atoms with Crippen LogP contribution in [0.5, 0.6) is 0 Å². The molecule has 6 heteroatoms. The fourth-order valence-electron chi connectivity index (χ4n) is 3.83. The van der Waals surface area contributed by atoms with Gasteiger partial charge >= 0.3 is 0 Å². The number of piperidine rings is 1. The quantitative estimate of drug-likeness (QED) is 0.216. The summed E-state index contributed by atoms with van der Waals surface area (Å²) in [6, 6.07) is 0. The van der Waals surface area contributed by atoms with Crippen LogP contribution in [0.3, 0.4) is 0 Å².